The Hall–Kier alpha value is -1.55. The number of aryl methyl sites for hydroxylation is 1. The SMILES string of the molecule is COC(C)C(=O)Nc1ccc(O)cc1C. The van der Waals surface area contributed by atoms with Gasteiger partial charge in [-0.1, -0.05) is 0 Å². The maximum absolute atomic E-state index is 11.5. The number of rotatable bonds is 3. The Bertz CT molecular complexity index is 363. The summed E-state index contributed by atoms with van der Waals surface area (Å²) in [6, 6.07) is 4.78. The summed E-state index contributed by atoms with van der Waals surface area (Å²) in [6.45, 7) is 3.48. The lowest BCUT2D eigenvalue weighted by Crippen LogP contribution is -2.26. The van der Waals surface area contributed by atoms with Gasteiger partial charge in [-0.25, -0.2) is 0 Å². The number of aromatic hydroxyl groups is 1. The van der Waals surface area contributed by atoms with Crippen LogP contribution in [0.25, 0.3) is 0 Å². The van der Waals surface area contributed by atoms with Crippen LogP contribution in [0, 0.1) is 6.92 Å². The van der Waals surface area contributed by atoms with Gasteiger partial charge in [0.05, 0.1) is 0 Å². The molecule has 0 spiro atoms. The molecule has 2 N–H and O–H groups in total. The van der Waals surface area contributed by atoms with Gasteiger partial charge in [0, 0.05) is 12.8 Å². The maximum Gasteiger partial charge on any atom is 0.253 e. The molecule has 0 aliphatic rings. The number of carbonyl (C=O) groups is 1. The van der Waals surface area contributed by atoms with Crippen molar-refractivity contribution in [1.29, 1.82) is 0 Å². The van der Waals surface area contributed by atoms with E-state index in [0.29, 0.717) is 5.69 Å². The summed E-state index contributed by atoms with van der Waals surface area (Å²) >= 11 is 0. The Morgan fingerprint density at radius 1 is 1.53 bits per heavy atom. The van der Waals surface area contributed by atoms with Gasteiger partial charge >= 0.3 is 0 Å². The highest BCUT2D eigenvalue weighted by Crippen LogP contribution is 2.20. The van der Waals surface area contributed by atoms with Crippen molar-refractivity contribution in [1.82, 2.24) is 0 Å². The molecule has 0 bridgehead atoms. The average molecular weight is 209 g/mol. The van der Waals surface area contributed by atoms with Crippen molar-refractivity contribution in [2.45, 2.75) is 20.0 Å². The van der Waals surface area contributed by atoms with Crippen LogP contribution < -0.4 is 5.32 Å². The first-order chi connectivity index (χ1) is 7.04. The zero-order valence-electron chi connectivity index (χ0n) is 9.07. The van der Waals surface area contributed by atoms with Crippen LogP contribution in [0.15, 0.2) is 18.2 Å². The average Bonchev–Trinajstić information content (AvgIpc) is 2.20. The second-order valence-corrected chi connectivity index (χ2v) is 3.37. The quantitative estimate of drug-likeness (QED) is 0.744. The largest absolute Gasteiger partial charge is 0.508 e. The number of hydrogen-bond acceptors (Lipinski definition) is 3. The van der Waals surface area contributed by atoms with E-state index in [0.717, 1.165) is 5.56 Å². The number of benzene rings is 1. The lowest BCUT2D eigenvalue weighted by atomic mass is 10.2. The molecule has 0 aliphatic heterocycles. The molecule has 82 valence electrons. The molecule has 1 aromatic carbocycles. The Labute approximate surface area is 88.9 Å². The summed E-state index contributed by atoms with van der Waals surface area (Å²) in [5, 5.41) is 11.9. The Morgan fingerprint density at radius 3 is 2.73 bits per heavy atom. The fourth-order valence-electron chi connectivity index (χ4n) is 1.13. The van der Waals surface area contributed by atoms with Crippen LogP contribution in [0.4, 0.5) is 5.69 Å². The highest BCUT2D eigenvalue weighted by atomic mass is 16.5. The summed E-state index contributed by atoms with van der Waals surface area (Å²) in [6.07, 6.45) is -0.488. The summed E-state index contributed by atoms with van der Waals surface area (Å²) < 4.78 is 4.89. The molecule has 0 saturated heterocycles. The van der Waals surface area contributed by atoms with Gasteiger partial charge in [0.15, 0.2) is 0 Å². The zero-order chi connectivity index (χ0) is 11.4. The standard InChI is InChI=1S/C11H15NO3/c1-7-6-9(13)4-5-10(7)12-11(14)8(2)15-3/h4-6,8,13H,1-3H3,(H,12,14). The van der Waals surface area contributed by atoms with Crippen LogP contribution in [0.2, 0.25) is 0 Å². The number of phenols is 1. The van der Waals surface area contributed by atoms with Crippen LogP contribution in [-0.4, -0.2) is 24.2 Å². The van der Waals surface area contributed by atoms with Crippen LogP contribution in [0.5, 0.6) is 5.75 Å². The van der Waals surface area contributed by atoms with Crippen molar-refractivity contribution >= 4 is 11.6 Å². The van der Waals surface area contributed by atoms with E-state index in [-0.39, 0.29) is 11.7 Å². The molecule has 15 heavy (non-hydrogen) atoms. The van der Waals surface area contributed by atoms with E-state index >= 15 is 0 Å². The van der Waals surface area contributed by atoms with Gasteiger partial charge in [-0.2, -0.15) is 0 Å². The number of ether oxygens (including phenoxy) is 1. The number of carbonyl (C=O) groups excluding carboxylic acids is 1. The second-order valence-electron chi connectivity index (χ2n) is 3.37. The molecule has 0 fully saturated rings. The Morgan fingerprint density at radius 2 is 2.20 bits per heavy atom. The number of anilines is 1. The van der Waals surface area contributed by atoms with E-state index in [1.165, 1.54) is 13.2 Å². The van der Waals surface area contributed by atoms with Crippen LogP contribution in [0.3, 0.4) is 0 Å². The molecule has 1 amide bonds. The van der Waals surface area contributed by atoms with Gasteiger partial charge in [0.1, 0.15) is 11.9 Å². The van der Waals surface area contributed by atoms with Crippen molar-refractivity contribution in [3.8, 4) is 5.75 Å². The van der Waals surface area contributed by atoms with Crippen molar-refractivity contribution < 1.29 is 14.6 Å². The van der Waals surface area contributed by atoms with Crippen molar-refractivity contribution in [3.05, 3.63) is 23.8 Å². The fourth-order valence-corrected chi connectivity index (χ4v) is 1.13. The lowest BCUT2D eigenvalue weighted by Gasteiger charge is -2.12. The predicted octanol–water partition coefficient (Wildman–Crippen LogP) is 1.67. The molecule has 1 atom stereocenters. The highest BCUT2D eigenvalue weighted by Gasteiger charge is 2.12. The maximum atomic E-state index is 11.5. The molecule has 0 radical (unpaired) electrons. The molecule has 1 unspecified atom stereocenters. The molecule has 0 heterocycles. The first-order valence-corrected chi connectivity index (χ1v) is 4.68. The molecule has 0 aromatic heterocycles. The normalized spacial score (nSPS) is 12.2. The van der Waals surface area contributed by atoms with Crippen LogP contribution >= 0.6 is 0 Å². The van der Waals surface area contributed by atoms with E-state index in [9.17, 15) is 9.90 Å². The number of phenolic OH excluding ortho intramolecular Hbond substituents is 1. The number of amides is 1. The summed E-state index contributed by atoms with van der Waals surface area (Å²) in [5.74, 6) is -0.0171. The monoisotopic (exact) mass is 209 g/mol. The first-order valence-electron chi connectivity index (χ1n) is 4.68. The van der Waals surface area contributed by atoms with E-state index in [1.807, 2.05) is 6.92 Å². The van der Waals surface area contributed by atoms with Gasteiger partial charge in [0.25, 0.3) is 5.91 Å². The van der Waals surface area contributed by atoms with Crippen LogP contribution in [0.1, 0.15) is 12.5 Å². The molecule has 0 aliphatic carbocycles. The van der Waals surface area contributed by atoms with E-state index in [1.54, 1.807) is 19.1 Å². The minimum atomic E-state index is -0.488. The van der Waals surface area contributed by atoms with Crippen molar-refractivity contribution in [2.24, 2.45) is 0 Å². The van der Waals surface area contributed by atoms with Gasteiger partial charge in [-0.05, 0) is 37.6 Å². The number of methoxy groups -OCH3 is 1. The molecular formula is C11H15NO3. The minimum Gasteiger partial charge on any atom is -0.508 e. The highest BCUT2D eigenvalue weighted by molar-refractivity contribution is 5.94. The number of nitrogens with one attached hydrogen (secondary N) is 1. The van der Waals surface area contributed by atoms with E-state index < -0.39 is 6.10 Å². The number of hydrogen-bond donors (Lipinski definition) is 2. The van der Waals surface area contributed by atoms with Gasteiger partial charge in [-0.15, -0.1) is 0 Å². The third-order valence-corrected chi connectivity index (χ3v) is 2.19. The molecule has 4 heteroatoms. The predicted molar refractivity (Wildman–Crippen MR) is 57.9 cm³/mol. The fraction of sp³-hybridized carbons (Fsp3) is 0.364. The topological polar surface area (TPSA) is 58.6 Å². The Kier molecular flexibility index (Phi) is 3.68. The van der Waals surface area contributed by atoms with E-state index in [4.69, 9.17) is 4.74 Å². The minimum absolute atomic E-state index is 0.185. The zero-order valence-corrected chi connectivity index (χ0v) is 9.07. The molecule has 1 rings (SSSR count). The van der Waals surface area contributed by atoms with Crippen molar-refractivity contribution in [3.63, 3.8) is 0 Å². The summed E-state index contributed by atoms with van der Waals surface area (Å²) in [4.78, 5) is 11.5. The van der Waals surface area contributed by atoms with Crippen molar-refractivity contribution in [2.75, 3.05) is 12.4 Å². The summed E-state index contributed by atoms with van der Waals surface area (Å²) in [7, 11) is 1.48. The third-order valence-electron chi connectivity index (χ3n) is 2.19. The van der Waals surface area contributed by atoms with Crippen LogP contribution in [-0.2, 0) is 9.53 Å². The summed E-state index contributed by atoms with van der Waals surface area (Å²) in [5.41, 5.74) is 1.49. The first kappa shape index (κ1) is 11.5. The second kappa shape index (κ2) is 4.79. The molecule has 4 nitrogen and oxygen atoms in total. The Balaban J connectivity index is 2.77. The smallest absolute Gasteiger partial charge is 0.253 e. The molecule has 1 aromatic rings. The van der Waals surface area contributed by atoms with Gasteiger partial charge < -0.3 is 15.2 Å². The van der Waals surface area contributed by atoms with Gasteiger partial charge in [-0.3, -0.25) is 4.79 Å². The van der Waals surface area contributed by atoms with Gasteiger partial charge in [0.2, 0.25) is 0 Å². The van der Waals surface area contributed by atoms with E-state index in [2.05, 4.69) is 5.32 Å². The third kappa shape index (κ3) is 2.95. The molecule has 0 saturated carbocycles. The lowest BCUT2D eigenvalue weighted by molar-refractivity contribution is -0.124. The molecular weight excluding hydrogens is 194 g/mol.